The summed E-state index contributed by atoms with van der Waals surface area (Å²) in [5.74, 6) is 0.112. The predicted molar refractivity (Wildman–Crippen MR) is 72.4 cm³/mol. The van der Waals surface area contributed by atoms with Crippen LogP contribution in [0.2, 0.25) is 0 Å². The van der Waals surface area contributed by atoms with Gasteiger partial charge in [0, 0.05) is 32.8 Å². The second-order valence-electron chi connectivity index (χ2n) is 5.52. The largest absolute Gasteiger partial charge is 0.380 e. The van der Waals surface area contributed by atoms with Gasteiger partial charge in [-0.15, -0.1) is 0 Å². The monoisotopic (exact) mass is 257 g/mol. The number of carbonyl (C=O) groups excluding carboxylic acids is 1. The fraction of sp³-hybridized carbons (Fsp3) is 0.923. The van der Waals surface area contributed by atoms with Crippen LogP contribution in [0, 0.1) is 0 Å². The van der Waals surface area contributed by atoms with E-state index in [1.165, 1.54) is 19.3 Å². The third-order valence-electron chi connectivity index (χ3n) is 4.19. The van der Waals surface area contributed by atoms with E-state index in [4.69, 9.17) is 10.5 Å². The molecule has 1 aliphatic rings. The van der Waals surface area contributed by atoms with Crippen LogP contribution in [0.1, 0.15) is 25.7 Å². The zero-order valence-electron chi connectivity index (χ0n) is 12.1. The van der Waals surface area contributed by atoms with Crippen molar-refractivity contribution in [3.05, 3.63) is 0 Å². The second kappa shape index (κ2) is 6.50. The molecule has 0 radical (unpaired) electrons. The summed E-state index contributed by atoms with van der Waals surface area (Å²) >= 11 is 0. The predicted octanol–water partition coefficient (Wildman–Crippen LogP) is 0.293. The summed E-state index contributed by atoms with van der Waals surface area (Å²) < 4.78 is 5.16. The van der Waals surface area contributed by atoms with Gasteiger partial charge in [0.25, 0.3) is 0 Å². The average molecular weight is 257 g/mol. The molecule has 1 saturated carbocycles. The van der Waals surface area contributed by atoms with Crippen molar-refractivity contribution < 1.29 is 9.53 Å². The number of hydrogen-bond acceptors (Lipinski definition) is 4. The van der Waals surface area contributed by atoms with E-state index < -0.39 is 0 Å². The Hall–Kier alpha value is -0.650. The van der Waals surface area contributed by atoms with E-state index in [0.29, 0.717) is 13.0 Å². The van der Waals surface area contributed by atoms with Crippen LogP contribution in [-0.2, 0) is 9.53 Å². The summed E-state index contributed by atoms with van der Waals surface area (Å²) in [6, 6.07) is 0. The molecule has 5 heteroatoms. The number of rotatable bonds is 7. The zero-order chi connectivity index (χ0) is 13.8. The maximum atomic E-state index is 12.1. The van der Waals surface area contributed by atoms with E-state index in [1.807, 2.05) is 11.9 Å². The van der Waals surface area contributed by atoms with E-state index in [0.717, 1.165) is 6.54 Å². The van der Waals surface area contributed by atoms with Gasteiger partial charge >= 0.3 is 0 Å². The molecule has 0 aromatic heterocycles. The highest BCUT2D eigenvalue weighted by molar-refractivity contribution is 5.76. The smallest absolute Gasteiger partial charge is 0.225 e. The zero-order valence-corrected chi connectivity index (χ0v) is 12.1. The highest BCUT2D eigenvalue weighted by atomic mass is 16.5. The molecule has 1 aliphatic carbocycles. The van der Waals surface area contributed by atoms with Crippen molar-refractivity contribution in [2.45, 2.75) is 37.3 Å². The summed E-state index contributed by atoms with van der Waals surface area (Å²) in [6.45, 7) is 1.18. The van der Waals surface area contributed by atoms with Gasteiger partial charge < -0.3 is 20.3 Å². The minimum Gasteiger partial charge on any atom is -0.380 e. The molecular weight excluding hydrogens is 230 g/mol. The molecule has 1 amide bonds. The van der Waals surface area contributed by atoms with Gasteiger partial charge in [0.05, 0.1) is 12.5 Å². The Morgan fingerprint density at radius 2 is 2.00 bits per heavy atom. The average Bonchev–Trinajstić information content (AvgIpc) is 2.29. The van der Waals surface area contributed by atoms with Crippen molar-refractivity contribution >= 4 is 5.91 Å². The molecule has 1 atom stereocenters. The van der Waals surface area contributed by atoms with Crippen molar-refractivity contribution in [1.82, 2.24) is 9.80 Å². The molecule has 0 spiro atoms. The number of nitrogens with two attached hydrogens (primary N) is 1. The van der Waals surface area contributed by atoms with Crippen molar-refractivity contribution in [1.29, 1.82) is 0 Å². The Kier molecular flexibility index (Phi) is 5.56. The molecule has 18 heavy (non-hydrogen) atoms. The second-order valence-corrected chi connectivity index (χ2v) is 5.52. The molecule has 0 aliphatic heterocycles. The van der Waals surface area contributed by atoms with E-state index in [-0.39, 0.29) is 17.6 Å². The Bertz CT molecular complexity index is 273. The number of methoxy groups -OCH3 is 1. The third kappa shape index (κ3) is 3.43. The van der Waals surface area contributed by atoms with Crippen LogP contribution in [0.4, 0.5) is 0 Å². The SMILES string of the molecule is COC(CN)CC(=O)N(C)CC1(N(C)C)CCC1. The van der Waals surface area contributed by atoms with Crippen LogP contribution in [0.15, 0.2) is 0 Å². The number of likely N-dealkylation sites (N-methyl/N-ethyl adjacent to an activating group) is 2. The number of amides is 1. The van der Waals surface area contributed by atoms with Gasteiger partial charge in [-0.25, -0.2) is 0 Å². The number of carbonyl (C=O) groups is 1. The highest BCUT2D eigenvalue weighted by Gasteiger charge is 2.40. The van der Waals surface area contributed by atoms with Gasteiger partial charge in [-0.05, 0) is 33.4 Å². The summed E-state index contributed by atoms with van der Waals surface area (Å²) in [4.78, 5) is 16.2. The first-order valence-electron chi connectivity index (χ1n) is 6.59. The minimum absolute atomic E-state index is 0.112. The van der Waals surface area contributed by atoms with Gasteiger partial charge in [-0.1, -0.05) is 0 Å². The first kappa shape index (κ1) is 15.4. The van der Waals surface area contributed by atoms with Crippen LogP contribution >= 0.6 is 0 Å². The van der Waals surface area contributed by atoms with E-state index >= 15 is 0 Å². The van der Waals surface area contributed by atoms with Gasteiger partial charge in [-0.2, -0.15) is 0 Å². The van der Waals surface area contributed by atoms with Crippen LogP contribution < -0.4 is 5.73 Å². The standard InChI is InChI=1S/C13H27N3O2/c1-15(2)13(6-5-7-13)10-16(3)12(17)8-11(9-14)18-4/h11H,5-10,14H2,1-4H3. The summed E-state index contributed by atoms with van der Waals surface area (Å²) in [5, 5.41) is 0. The lowest BCUT2D eigenvalue weighted by atomic mass is 9.75. The number of ether oxygens (including phenoxy) is 1. The first-order chi connectivity index (χ1) is 8.45. The van der Waals surface area contributed by atoms with E-state index in [2.05, 4.69) is 19.0 Å². The van der Waals surface area contributed by atoms with Crippen molar-refractivity contribution in [2.24, 2.45) is 5.73 Å². The number of hydrogen-bond donors (Lipinski definition) is 1. The molecule has 106 valence electrons. The number of nitrogens with zero attached hydrogens (tertiary/aromatic N) is 2. The Balaban J connectivity index is 2.49. The molecule has 0 heterocycles. The quantitative estimate of drug-likeness (QED) is 0.712. The molecule has 0 aromatic rings. The lowest BCUT2D eigenvalue weighted by molar-refractivity contribution is -0.135. The summed E-state index contributed by atoms with van der Waals surface area (Å²) in [5.41, 5.74) is 5.72. The maximum Gasteiger partial charge on any atom is 0.225 e. The van der Waals surface area contributed by atoms with Gasteiger partial charge in [0.2, 0.25) is 5.91 Å². The molecule has 0 saturated heterocycles. The van der Waals surface area contributed by atoms with Gasteiger partial charge in [0.1, 0.15) is 0 Å². The molecule has 2 N–H and O–H groups in total. The van der Waals surface area contributed by atoms with Gasteiger partial charge in [0.15, 0.2) is 0 Å². The molecule has 1 rings (SSSR count). The lowest BCUT2D eigenvalue weighted by Crippen LogP contribution is -2.57. The normalized spacial score (nSPS) is 19.4. The Morgan fingerprint density at radius 1 is 1.39 bits per heavy atom. The van der Waals surface area contributed by atoms with E-state index in [9.17, 15) is 4.79 Å². The fourth-order valence-corrected chi connectivity index (χ4v) is 2.47. The van der Waals surface area contributed by atoms with Crippen LogP contribution in [0.5, 0.6) is 0 Å². The third-order valence-corrected chi connectivity index (χ3v) is 4.19. The molecular formula is C13H27N3O2. The van der Waals surface area contributed by atoms with Crippen molar-refractivity contribution in [2.75, 3.05) is 41.3 Å². The molecule has 5 nitrogen and oxygen atoms in total. The van der Waals surface area contributed by atoms with Crippen molar-refractivity contribution in [3.63, 3.8) is 0 Å². The summed E-state index contributed by atoms with van der Waals surface area (Å²) in [7, 11) is 7.65. The molecule has 1 unspecified atom stereocenters. The van der Waals surface area contributed by atoms with Crippen molar-refractivity contribution in [3.8, 4) is 0 Å². The first-order valence-corrected chi connectivity index (χ1v) is 6.59. The van der Waals surface area contributed by atoms with E-state index in [1.54, 1.807) is 7.11 Å². The summed E-state index contributed by atoms with van der Waals surface area (Å²) in [6.07, 6.45) is 3.79. The Morgan fingerprint density at radius 3 is 2.33 bits per heavy atom. The molecule has 1 fully saturated rings. The van der Waals surface area contributed by atoms with Crippen LogP contribution in [0.3, 0.4) is 0 Å². The van der Waals surface area contributed by atoms with Crippen LogP contribution in [-0.4, -0.2) is 68.7 Å². The fourth-order valence-electron chi connectivity index (χ4n) is 2.47. The minimum atomic E-state index is -0.170. The van der Waals surface area contributed by atoms with Crippen LogP contribution in [0.25, 0.3) is 0 Å². The highest BCUT2D eigenvalue weighted by Crippen LogP contribution is 2.36. The molecule has 0 aromatic carbocycles. The maximum absolute atomic E-state index is 12.1. The topological polar surface area (TPSA) is 58.8 Å². The molecule has 0 bridgehead atoms. The Labute approximate surface area is 110 Å². The lowest BCUT2D eigenvalue weighted by Gasteiger charge is -2.49. The van der Waals surface area contributed by atoms with Gasteiger partial charge in [-0.3, -0.25) is 4.79 Å².